The largest absolute Gasteiger partial charge is 0.515 e. The smallest absolute Gasteiger partial charge is 0.501 e. The van der Waals surface area contributed by atoms with E-state index in [1.807, 2.05) is 0 Å². The fourth-order valence-corrected chi connectivity index (χ4v) is 3.86. The first-order valence-corrected chi connectivity index (χ1v) is 9.96. The van der Waals surface area contributed by atoms with Gasteiger partial charge in [0, 0.05) is 17.4 Å². The van der Waals surface area contributed by atoms with Gasteiger partial charge < -0.3 is 15.7 Å². The monoisotopic (exact) mass is 480 g/mol. The third-order valence-corrected chi connectivity index (χ3v) is 6.07. The van der Waals surface area contributed by atoms with Crippen molar-refractivity contribution in [2.24, 2.45) is 0 Å². The predicted molar refractivity (Wildman–Crippen MR) is 101 cm³/mol. The van der Waals surface area contributed by atoms with Crippen molar-refractivity contribution in [3.05, 3.63) is 76.3 Å². The number of allylic oxidation sites excluding steroid dienone is 2. The van der Waals surface area contributed by atoms with E-state index in [2.05, 4.69) is 10.6 Å². The second-order valence-corrected chi connectivity index (χ2v) is 8.41. The Morgan fingerprint density at radius 3 is 2.10 bits per heavy atom. The van der Waals surface area contributed by atoms with Gasteiger partial charge in [0.25, 0.3) is 9.84 Å². The van der Waals surface area contributed by atoms with Gasteiger partial charge >= 0.3 is 5.51 Å². The lowest BCUT2D eigenvalue weighted by molar-refractivity contribution is -0.113. The van der Waals surface area contributed by atoms with E-state index in [1.165, 1.54) is 0 Å². The summed E-state index contributed by atoms with van der Waals surface area (Å²) in [7, 11) is -5.77. The molecule has 0 unspecified atom stereocenters. The highest BCUT2D eigenvalue weighted by Gasteiger charge is 2.48. The molecule has 0 atom stereocenters. The van der Waals surface area contributed by atoms with Crippen LogP contribution in [0.3, 0.4) is 0 Å². The van der Waals surface area contributed by atoms with Crippen molar-refractivity contribution in [3.8, 4) is 0 Å². The zero-order valence-electron chi connectivity index (χ0n) is 14.9. The summed E-state index contributed by atoms with van der Waals surface area (Å²) in [4.78, 5) is 10.9. The summed E-state index contributed by atoms with van der Waals surface area (Å²) in [6, 6.07) is 5.30. The highest BCUT2D eigenvalue weighted by atomic mass is 35.5. The summed E-state index contributed by atoms with van der Waals surface area (Å²) >= 11 is 5.61. The maximum atomic E-state index is 13.4. The number of hydrogen-bond donors (Lipinski definition) is 3. The number of carbonyl (C=O) groups excluding carboxylic acids is 1. The Labute approximate surface area is 176 Å². The second kappa shape index (κ2) is 7.85. The predicted octanol–water partition coefficient (Wildman–Crippen LogP) is 4.67. The average Bonchev–Trinajstić information content (AvgIpc) is 2.68. The molecule has 0 radical (unpaired) electrons. The summed E-state index contributed by atoms with van der Waals surface area (Å²) in [6.45, 7) is 0. The van der Waals surface area contributed by atoms with Crippen molar-refractivity contribution in [2.45, 2.75) is 10.4 Å². The van der Waals surface area contributed by atoms with Crippen LogP contribution in [0.15, 0.2) is 64.5 Å². The fourth-order valence-electron chi connectivity index (χ4n) is 2.58. The average molecular weight is 481 g/mol. The number of aliphatic hydroxyl groups is 1. The number of halogens is 6. The molecule has 0 aliphatic heterocycles. The maximum absolute atomic E-state index is 13.4. The molecular formula is C18H10ClF5N2O4S. The van der Waals surface area contributed by atoms with Crippen LogP contribution in [0, 0.1) is 11.6 Å². The summed E-state index contributed by atoms with van der Waals surface area (Å²) in [5, 5.41) is 13.6. The van der Waals surface area contributed by atoms with Crippen molar-refractivity contribution in [1.82, 2.24) is 0 Å². The van der Waals surface area contributed by atoms with Crippen LogP contribution in [-0.2, 0) is 14.6 Å². The van der Waals surface area contributed by atoms with Crippen molar-refractivity contribution in [2.75, 3.05) is 10.6 Å². The lowest BCUT2D eigenvalue weighted by atomic mass is 9.92. The van der Waals surface area contributed by atoms with Crippen molar-refractivity contribution >= 4 is 38.6 Å². The summed E-state index contributed by atoms with van der Waals surface area (Å²) in [5.74, 6) is -3.08. The molecule has 13 heteroatoms. The van der Waals surface area contributed by atoms with E-state index in [0.717, 1.165) is 30.3 Å². The zero-order chi connectivity index (χ0) is 23.1. The Morgan fingerprint density at radius 1 is 0.935 bits per heavy atom. The number of hydrogen-bond acceptors (Lipinski definition) is 6. The molecule has 6 nitrogen and oxygen atoms in total. The number of ketones is 1. The molecule has 0 fully saturated rings. The van der Waals surface area contributed by atoms with Gasteiger partial charge in [0.1, 0.15) is 5.70 Å². The molecule has 0 amide bonds. The Morgan fingerprint density at radius 2 is 1.52 bits per heavy atom. The summed E-state index contributed by atoms with van der Waals surface area (Å²) in [6.07, 6.45) is 0.421. The van der Waals surface area contributed by atoms with Gasteiger partial charge in [-0.05, 0) is 30.3 Å². The number of nitrogens with one attached hydrogen (secondary N) is 2. The van der Waals surface area contributed by atoms with E-state index < -0.39 is 42.7 Å². The molecule has 2 aromatic rings. The van der Waals surface area contributed by atoms with Crippen LogP contribution >= 0.6 is 11.6 Å². The molecule has 3 rings (SSSR count). The van der Waals surface area contributed by atoms with Crippen LogP contribution in [0.1, 0.15) is 0 Å². The first-order chi connectivity index (χ1) is 14.4. The lowest BCUT2D eigenvalue weighted by Gasteiger charge is -2.27. The number of anilines is 2. The summed E-state index contributed by atoms with van der Waals surface area (Å²) < 4.78 is 88.5. The van der Waals surface area contributed by atoms with Gasteiger partial charge in [0.2, 0.25) is 5.78 Å². The molecule has 3 N–H and O–H groups in total. The molecule has 0 saturated heterocycles. The summed E-state index contributed by atoms with van der Waals surface area (Å²) in [5.41, 5.74) is -6.50. The molecule has 2 aromatic carbocycles. The molecule has 1 aliphatic carbocycles. The van der Waals surface area contributed by atoms with Gasteiger partial charge in [-0.15, -0.1) is 0 Å². The van der Waals surface area contributed by atoms with Crippen LogP contribution in [-0.4, -0.2) is 24.8 Å². The van der Waals surface area contributed by atoms with Crippen LogP contribution in [0.4, 0.5) is 33.3 Å². The SMILES string of the molecule is O=C1C(=CO)C(Nc2ccc(Cl)c(S(=O)(=O)C(F)(F)F)c2)=C1Nc1ccc(F)c(F)c1. The number of Topliss-reactive ketones (excluding diaryl/α,β-unsaturated/α-hetero) is 1. The van der Waals surface area contributed by atoms with E-state index in [4.69, 9.17) is 11.6 Å². The molecule has 0 saturated carbocycles. The molecular weight excluding hydrogens is 471 g/mol. The third-order valence-electron chi connectivity index (χ3n) is 4.10. The van der Waals surface area contributed by atoms with Crippen LogP contribution in [0.25, 0.3) is 0 Å². The molecule has 0 bridgehead atoms. The van der Waals surface area contributed by atoms with E-state index in [9.17, 15) is 40.3 Å². The van der Waals surface area contributed by atoms with Crippen LogP contribution in [0.2, 0.25) is 5.02 Å². The normalized spacial score (nSPS) is 15.8. The van der Waals surface area contributed by atoms with Gasteiger partial charge in [-0.25, -0.2) is 17.2 Å². The standard InChI is InChI=1S/C18H10ClF5N2O4S/c19-11-3-1-9(6-14(11)31(29,30)18(22,23)24)25-15-10(7-27)17(28)16(15)26-8-2-4-12(20)13(21)5-8/h1-7,25-27H. The molecule has 0 heterocycles. The van der Waals surface area contributed by atoms with E-state index >= 15 is 0 Å². The van der Waals surface area contributed by atoms with Crippen LogP contribution in [0.5, 0.6) is 0 Å². The topological polar surface area (TPSA) is 95.5 Å². The number of rotatable bonds is 5. The number of benzene rings is 2. The number of aliphatic hydroxyl groups excluding tert-OH is 1. The molecule has 164 valence electrons. The van der Waals surface area contributed by atoms with Gasteiger partial charge in [-0.2, -0.15) is 13.2 Å². The quantitative estimate of drug-likeness (QED) is 0.327. The van der Waals surface area contributed by atoms with Gasteiger partial charge in [-0.3, -0.25) is 4.79 Å². The van der Waals surface area contributed by atoms with Crippen LogP contribution < -0.4 is 10.6 Å². The second-order valence-electron chi connectivity index (χ2n) is 6.10. The minimum Gasteiger partial charge on any atom is -0.515 e. The molecule has 0 aromatic heterocycles. The molecule has 0 spiro atoms. The Balaban J connectivity index is 2.00. The first-order valence-electron chi connectivity index (χ1n) is 8.10. The van der Waals surface area contributed by atoms with Gasteiger partial charge in [0.05, 0.1) is 27.5 Å². The third kappa shape index (κ3) is 4.08. The fraction of sp³-hybridized carbons (Fsp3) is 0.0556. The maximum Gasteiger partial charge on any atom is 0.501 e. The van der Waals surface area contributed by atoms with Gasteiger partial charge in [-0.1, -0.05) is 11.6 Å². The minimum atomic E-state index is -5.77. The van der Waals surface area contributed by atoms with Crippen molar-refractivity contribution < 1.29 is 40.3 Å². The lowest BCUT2D eigenvalue weighted by Crippen LogP contribution is -2.31. The minimum absolute atomic E-state index is 0.0324. The Hall–Kier alpha value is -3.12. The van der Waals surface area contributed by atoms with E-state index in [1.54, 1.807) is 0 Å². The number of sulfone groups is 1. The molecule has 1 aliphatic rings. The highest BCUT2D eigenvalue weighted by molar-refractivity contribution is 7.92. The zero-order valence-corrected chi connectivity index (χ0v) is 16.5. The number of alkyl halides is 3. The Kier molecular flexibility index (Phi) is 5.72. The number of carbonyl (C=O) groups is 1. The molecule has 31 heavy (non-hydrogen) atoms. The first kappa shape index (κ1) is 22.6. The van der Waals surface area contributed by atoms with Gasteiger partial charge in [0.15, 0.2) is 11.6 Å². The van der Waals surface area contributed by atoms with E-state index in [-0.39, 0.29) is 28.3 Å². The van der Waals surface area contributed by atoms with Crippen molar-refractivity contribution in [3.63, 3.8) is 0 Å². The van der Waals surface area contributed by atoms with Crippen molar-refractivity contribution in [1.29, 1.82) is 0 Å². The van der Waals surface area contributed by atoms with E-state index in [0.29, 0.717) is 12.3 Å². The highest BCUT2D eigenvalue weighted by Crippen LogP contribution is 2.37. The Bertz CT molecular complexity index is 1260.